The Bertz CT molecular complexity index is 439. The molecule has 4 heteroatoms. The van der Waals surface area contributed by atoms with E-state index in [9.17, 15) is 0 Å². The van der Waals surface area contributed by atoms with Crippen molar-refractivity contribution >= 4 is 27.0 Å². The first-order chi connectivity index (χ1) is 6.81. The highest BCUT2D eigenvalue weighted by Crippen LogP contribution is 2.25. The van der Waals surface area contributed by atoms with E-state index in [4.69, 9.17) is 10.2 Å². The topological polar surface area (TPSA) is 52.0 Å². The van der Waals surface area contributed by atoms with Crippen molar-refractivity contribution in [3.8, 4) is 0 Å². The molecule has 2 rings (SSSR count). The first kappa shape index (κ1) is 9.68. The second-order valence-electron chi connectivity index (χ2n) is 3.17. The van der Waals surface area contributed by atoms with Crippen LogP contribution >= 0.6 is 15.9 Å². The normalized spacial score (nSPS) is 11.0. The molecule has 0 atom stereocenters. The lowest BCUT2D eigenvalue weighted by Crippen LogP contribution is -2.00. The molecule has 0 bridgehead atoms. The van der Waals surface area contributed by atoms with Gasteiger partial charge in [0.1, 0.15) is 5.52 Å². The summed E-state index contributed by atoms with van der Waals surface area (Å²) in [6.45, 7) is 0.717. The van der Waals surface area contributed by atoms with Gasteiger partial charge < -0.3 is 10.2 Å². The van der Waals surface area contributed by atoms with Gasteiger partial charge in [0, 0.05) is 0 Å². The molecular weight excluding hydrogens is 244 g/mol. The molecule has 0 aliphatic rings. The summed E-state index contributed by atoms with van der Waals surface area (Å²) in [5.41, 5.74) is 8.40. The summed E-state index contributed by atoms with van der Waals surface area (Å²) >= 11 is 3.45. The van der Waals surface area contributed by atoms with Gasteiger partial charge in [-0.3, -0.25) is 0 Å². The third-order valence-electron chi connectivity index (χ3n) is 2.12. The van der Waals surface area contributed by atoms with Crippen molar-refractivity contribution in [2.24, 2.45) is 5.73 Å². The Balaban J connectivity index is 2.38. The van der Waals surface area contributed by atoms with Gasteiger partial charge in [0.2, 0.25) is 0 Å². The van der Waals surface area contributed by atoms with E-state index in [1.54, 1.807) is 0 Å². The lowest BCUT2D eigenvalue weighted by Gasteiger charge is -2.00. The van der Waals surface area contributed by atoms with Crippen LogP contribution in [0.5, 0.6) is 0 Å². The zero-order valence-electron chi connectivity index (χ0n) is 7.66. The summed E-state index contributed by atoms with van der Waals surface area (Å²) in [7, 11) is 0. The van der Waals surface area contributed by atoms with Crippen molar-refractivity contribution in [2.45, 2.75) is 12.8 Å². The molecule has 0 aliphatic carbocycles. The van der Waals surface area contributed by atoms with Gasteiger partial charge in [-0.05, 0) is 53.0 Å². The molecule has 0 spiro atoms. The predicted molar refractivity (Wildman–Crippen MR) is 59.1 cm³/mol. The van der Waals surface area contributed by atoms with E-state index in [1.807, 2.05) is 6.07 Å². The number of hydrogen-bond donors (Lipinski definition) is 1. The van der Waals surface area contributed by atoms with Gasteiger partial charge in [-0.15, -0.1) is 0 Å². The molecule has 3 nitrogen and oxygen atoms in total. The zero-order chi connectivity index (χ0) is 9.97. The van der Waals surface area contributed by atoms with E-state index in [0.29, 0.717) is 6.54 Å². The van der Waals surface area contributed by atoms with Gasteiger partial charge in [-0.2, -0.15) is 0 Å². The molecule has 1 aromatic heterocycles. The molecule has 0 amide bonds. The summed E-state index contributed by atoms with van der Waals surface area (Å²) in [6.07, 6.45) is 3.44. The van der Waals surface area contributed by atoms with E-state index in [0.717, 1.165) is 28.4 Å². The molecule has 74 valence electrons. The fraction of sp³-hybridized carbons (Fsp3) is 0.300. The minimum absolute atomic E-state index is 0.717. The van der Waals surface area contributed by atoms with Gasteiger partial charge in [0.15, 0.2) is 12.0 Å². The fourth-order valence-corrected chi connectivity index (χ4v) is 2.02. The molecule has 1 heterocycles. The summed E-state index contributed by atoms with van der Waals surface area (Å²) < 4.78 is 6.18. The molecule has 14 heavy (non-hydrogen) atoms. The van der Waals surface area contributed by atoms with Crippen molar-refractivity contribution < 1.29 is 4.42 Å². The van der Waals surface area contributed by atoms with Gasteiger partial charge >= 0.3 is 0 Å². The number of oxazole rings is 1. The molecule has 2 aromatic rings. The Morgan fingerprint density at radius 3 is 3.07 bits per heavy atom. The monoisotopic (exact) mass is 254 g/mol. The van der Waals surface area contributed by atoms with E-state index < -0.39 is 0 Å². The Labute approximate surface area is 90.4 Å². The lowest BCUT2D eigenvalue weighted by atomic mass is 10.1. The van der Waals surface area contributed by atoms with Gasteiger partial charge in [0.25, 0.3) is 0 Å². The highest BCUT2D eigenvalue weighted by Gasteiger charge is 2.05. The van der Waals surface area contributed by atoms with Crippen LogP contribution in [0.1, 0.15) is 12.0 Å². The third kappa shape index (κ3) is 1.81. The minimum atomic E-state index is 0.717. The average molecular weight is 255 g/mol. The molecule has 2 N–H and O–H groups in total. The van der Waals surface area contributed by atoms with Crippen LogP contribution in [0.2, 0.25) is 0 Å². The SMILES string of the molecule is NCCCc1cc(Br)c2ocnc2c1. The van der Waals surface area contributed by atoms with Crippen molar-refractivity contribution in [1.29, 1.82) is 0 Å². The maximum Gasteiger partial charge on any atom is 0.182 e. The molecule has 0 fully saturated rings. The second-order valence-corrected chi connectivity index (χ2v) is 4.02. The smallest absolute Gasteiger partial charge is 0.182 e. The van der Waals surface area contributed by atoms with E-state index in [1.165, 1.54) is 12.0 Å². The number of nitrogens with two attached hydrogens (primary N) is 1. The fourth-order valence-electron chi connectivity index (χ4n) is 1.43. The number of aryl methyl sites for hydroxylation is 1. The molecule has 0 radical (unpaired) electrons. The summed E-state index contributed by atoms with van der Waals surface area (Å²) in [6, 6.07) is 4.10. The van der Waals surface area contributed by atoms with Crippen LogP contribution < -0.4 is 5.73 Å². The van der Waals surface area contributed by atoms with Crippen molar-refractivity contribution in [1.82, 2.24) is 4.98 Å². The van der Waals surface area contributed by atoms with Crippen LogP contribution in [-0.4, -0.2) is 11.5 Å². The van der Waals surface area contributed by atoms with Crippen LogP contribution in [0.15, 0.2) is 27.4 Å². The number of nitrogens with zero attached hydrogens (tertiary/aromatic N) is 1. The van der Waals surface area contributed by atoms with E-state index >= 15 is 0 Å². The molecular formula is C10H11BrN2O. The average Bonchev–Trinajstić information content (AvgIpc) is 2.63. The second kappa shape index (κ2) is 4.11. The van der Waals surface area contributed by atoms with Gasteiger partial charge in [0.05, 0.1) is 4.47 Å². The lowest BCUT2D eigenvalue weighted by molar-refractivity contribution is 0.600. The third-order valence-corrected chi connectivity index (χ3v) is 2.70. The molecule has 0 aliphatic heterocycles. The number of halogens is 1. The molecule has 0 unspecified atom stereocenters. The van der Waals surface area contributed by atoms with Crippen molar-refractivity contribution in [3.05, 3.63) is 28.6 Å². The standard InChI is InChI=1S/C10H11BrN2O/c11-8-4-7(2-1-3-12)5-9-10(8)14-6-13-9/h4-6H,1-3,12H2. The van der Waals surface area contributed by atoms with Gasteiger partial charge in [-0.1, -0.05) is 0 Å². The Kier molecular flexibility index (Phi) is 2.84. The Hall–Kier alpha value is -0.870. The Morgan fingerprint density at radius 1 is 1.43 bits per heavy atom. The predicted octanol–water partition coefficient (Wildman–Crippen LogP) is 2.48. The largest absolute Gasteiger partial charge is 0.442 e. The van der Waals surface area contributed by atoms with Crippen LogP contribution in [0.25, 0.3) is 11.1 Å². The highest BCUT2D eigenvalue weighted by molar-refractivity contribution is 9.10. The number of hydrogen-bond acceptors (Lipinski definition) is 3. The molecule has 0 saturated carbocycles. The summed E-state index contributed by atoms with van der Waals surface area (Å²) in [5.74, 6) is 0. The summed E-state index contributed by atoms with van der Waals surface area (Å²) in [4.78, 5) is 4.12. The first-order valence-electron chi connectivity index (χ1n) is 4.53. The maximum absolute atomic E-state index is 5.46. The number of aromatic nitrogens is 1. The zero-order valence-corrected chi connectivity index (χ0v) is 9.25. The Morgan fingerprint density at radius 2 is 2.29 bits per heavy atom. The first-order valence-corrected chi connectivity index (χ1v) is 5.32. The maximum atomic E-state index is 5.46. The highest BCUT2D eigenvalue weighted by atomic mass is 79.9. The van der Waals surface area contributed by atoms with Crippen LogP contribution in [-0.2, 0) is 6.42 Å². The molecule has 1 aromatic carbocycles. The van der Waals surface area contributed by atoms with E-state index in [2.05, 4.69) is 27.0 Å². The van der Waals surface area contributed by atoms with Crippen LogP contribution in [0.3, 0.4) is 0 Å². The molecule has 0 saturated heterocycles. The van der Waals surface area contributed by atoms with Gasteiger partial charge in [-0.25, -0.2) is 4.98 Å². The van der Waals surface area contributed by atoms with E-state index in [-0.39, 0.29) is 0 Å². The summed E-state index contributed by atoms with van der Waals surface area (Å²) in [5, 5.41) is 0. The van der Waals surface area contributed by atoms with Crippen LogP contribution in [0, 0.1) is 0 Å². The number of fused-ring (bicyclic) bond motifs is 1. The van der Waals surface area contributed by atoms with Crippen molar-refractivity contribution in [2.75, 3.05) is 6.54 Å². The minimum Gasteiger partial charge on any atom is -0.442 e. The van der Waals surface area contributed by atoms with Crippen molar-refractivity contribution in [3.63, 3.8) is 0 Å². The quantitative estimate of drug-likeness (QED) is 0.916. The number of rotatable bonds is 3. The number of benzene rings is 1. The van der Waals surface area contributed by atoms with Crippen LogP contribution in [0.4, 0.5) is 0 Å².